The Morgan fingerprint density at radius 3 is 1.72 bits per heavy atom. The van der Waals surface area contributed by atoms with Crippen molar-refractivity contribution in [2.24, 2.45) is 0 Å². The number of aromatic carboxylic acids is 2. The van der Waals surface area contributed by atoms with E-state index in [1.165, 1.54) is 6.07 Å². The molecule has 0 spiro atoms. The van der Waals surface area contributed by atoms with Crippen molar-refractivity contribution in [3.8, 4) is 28.0 Å². The lowest BCUT2D eigenvalue weighted by Crippen LogP contribution is -2.11. The summed E-state index contributed by atoms with van der Waals surface area (Å²) in [5.41, 5.74) is 0.474. The number of benzene rings is 3. The van der Waals surface area contributed by atoms with Gasteiger partial charge in [-0.1, -0.05) is 60.7 Å². The number of aromatic hydroxyl groups is 1. The molecule has 0 amide bonds. The number of phenols is 1. The first-order chi connectivity index (χ1) is 12.0. The largest absolute Gasteiger partial charge is 0.507 e. The molecule has 3 N–H and O–H groups in total. The van der Waals surface area contributed by atoms with Crippen LogP contribution in [0.25, 0.3) is 22.3 Å². The summed E-state index contributed by atoms with van der Waals surface area (Å²) in [5, 5.41) is 29.8. The Hall–Kier alpha value is -3.60. The van der Waals surface area contributed by atoms with Crippen molar-refractivity contribution < 1.29 is 24.9 Å². The maximum atomic E-state index is 11.7. The minimum atomic E-state index is -1.41. The maximum Gasteiger partial charge on any atom is 0.337 e. The topological polar surface area (TPSA) is 94.8 Å². The Balaban J connectivity index is 2.44. The molecule has 0 aliphatic carbocycles. The van der Waals surface area contributed by atoms with Crippen LogP contribution < -0.4 is 0 Å². The van der Waals surface area contributed by atoms with Gasteiger partial charge in [-0.25, -0.2) is 9.59 Å². The number of carboxylic acid groups (broad SMARTS) is 2. The first-order valence-corrected chi connectivity index (χ1v) is 7.48. The van der Waals surface area contributed by atoms with Gasteiger partial charge in [0.15, 0.2) is 0 Å². The molecule has 0 fully saturated rings. The summed E-state index contributed by atoms with van der Waals surface area (Å²) >= 11 is 0. The van der Waals surface area contributed by atoms with E-state index in [-0.39, 0.29) is 22.4 Å². The van der Waals surface area contributed by atoms with Crippen LogP contribution in [-0.2, 0) is 0 Å². The number of phenolic OH excluding ortho intramolecular Hbond substituents is 1. The van der Waals surface area contributed by atoms with E-state index in [1.807, 2.05) is 0 Å². The van der Waals surface area contributed by atoms with Gasteiger partial charge in [0.1, 0.15) is 5.75 Å². The van der Waals surface area contributed by atoms with Crippen molar-refractivity contribution in [3.05, 3.63) is 77.9 Å². The Kier molecular flexibility index (Phi) is 4.22. The summed E-state index contributed by atoms with van der Waals surface area (Å²) in [6.07, 6.45) is 0. The highest BCUT2D eigenvalue weighted by molar-refractivity contribution is 6.09. The van der Waals surface area contributed by atoms with Crippen molar-refractivity contribution in [3.63, 3.8) is 0 Å². The third kappa shape index (κ3) is 2.95. The van der Waals surface area contributed by atoms with Gasteiger partial charge in [0.2, 0.25) is 0 Å². The lowest BCUT2D eigenvalue weighted by Gasteiger charge is -2.16. The van der Waals surface area contributed by atoms with E-state index >= 15 is 0 Å². The SMILES string of the molecule is O=C(O)c1cc(-c2ccccc2)c(O)c(-c2ccccc2)c1C(=O)O. The Morgan fingerprint density at radius 1 is 0.720 bits per heavy atom. The van der Waals surface area contributed by atoms with E-state index < -0.39 is 17.5 Å². The lowest BCUT2D eigenvalue weighted by atomic mass is 9.89. The summed E-state index contributed by atoms with van der Waals surface area (Å²) in [7, 11) is 0. The number of carboxylic acids is 2. The molecule has 5 nitrogen and oxygen atoms in total. The zero-order valence-electron chi connectivity index (χ0n) is 13.0. The fraction of sp³-hybridized carbons (Fsp3) is 0. The van der Waals surface area contributed by atoms with Gasteiger partial charge in [-0.05, 0) is 17.2 Å². The average molecular weight is 334 g/mol. The minimum absolute atomic E-state index is 0.00754. The van der Waals surface area contributed by atoms with E-state index in [0.717, 1.165) is 0 Å². The van der Waals surface area contributed by atoms with Gasteiger partial charge in [-0.2, -0.15) is 0 Å². The van der Waals surface area contributed by atoms with Crippen LogP contribution in [0.5, 0.6) is 5.75 Å². The Labute approximate surface area is 143 Å². The molecule has 124 valence electrons. The van der Waals surface area contributed by atoms with Crippen LogP contribution in [0.4, 0.5) is 0 Å². The summed E-state index contributed by atoms with van der Waals surface area (Å²) in [5.74, 6) is -3.04. The summed E-state index contributed by atoms with van der Waals surface area (Å²) in [4.78, 5) is 23.4. The van der Waals surface area contributed by atoms with E-state index in [9.17, 15) is 24.9 Å². The van der Waals surface area contributed by atoms with Crippen LogP contribution in [0, 0.1) is 0 Å². The van der Waals surface area contributed by atoms with Crippen LogP contribution in [0.15, 0.2) is 66.7 Å². The predicted octanol–water partition coefficient (Wildman–Crippen LogP) is 4.12. The summed E-state index contributed by atoms with van der Waals surface area (Å²) < 4.78 is 0. The van der Waals surface area contributed by atoms with Crippen LogP contribution in [0.1, 0.15) is 20.7 Å². The molecule has 5 heteroatoms. The van der Waals surface area contributed by atoms with E-state index in [0.29, 0.717) is 11.1 Å². The molecule has 25 heavy (non-hydrogen) atoms. The fourth-order valence-corrected chi connectivity index (χ4v) is 2.79. The van der Waals surface area contributed by atoms with Gasteiger partial charge < -0.3 is 15.3 Å². The number of rotatable bonds is 4. The number of carbonyl (C=O) groups is 2. The zero-order chi connectivity index (χ0) is 18.0. The molecule has 0 saturated carbocycles. The molecule has 0 saturated heterocycles. The lowest BCUT2D eigenvalue weighted by molar-refractivity contribution is 0.0652. The van der Waals surface area contributed by atoms with Gasteiger partial charge in [0, 0.05) is 11.1 Å². The highest BCUT2D eigenvalue weighted by Gasteiger charge is 2.27. The molecular formula is C20H14O5. The summed E-state index contributed by atoms with van der Waals surface area (Å²) in [6.45, 7) is 0. The molecular weight excluding hydrogens is 320 g/mol. The molecule has 0 aliphatic rings. The standard InChI is InChI=1S/C20H14O5/c21-18-14(12-7-3-1-4-8-12)11-15(19(22)23)17(20(24)25)16(18)13-9-5-2-6-10-13/h1-11,21H,(H,22,23)(H,24,25). The smallest absolute Gasteiger partial charge is 0.337 e. The van der Waals surface area contributed by atoms with Crippen LogP contribution >= 0.6 is 0 Å². The van der Waals surface area contributed by atoms with E-state index in [4.69, 9.17) is 0 Å². The van der Waals surface area contributed by atoms with E-state index in [2.05, 4.69) is 0 Å². The number of hydrogen-bond acceptors (Lipinski definition) is 3. The third-order valence-electron chi connectivity index (χ3n) is 3.89. The first-order valence-electron chi connectivity index (χ1n) is 7.48. The molecule has 0 unspecified atom stereocenters. The van der Waals surface area contributed by atoms with Crippen molar-refractivity contribution in [2.75, 3.05) is 0 Å². The monoisotopic (exact) mass is 334 g/mol. The van der Waals surface area contributed by atoms with Crippen molar-refractivity contribution in [2.45, 2.75) is 0 Å². The van der Waals surface area contributed by atoms with Crippen LogP contribution in [0.2, 0.25) is 0 Å². The second-order valence-electron chi connectivity index (χ2n) is 5.41. The fourth-order valence-electron chi connectivity index (χ4n) is 2.79. The molecule has 3 rings (SSSR count). The highest BCUT2D eigenvalue weighted by atomic mass is 16.4. The zero-order valence-corrected chi connectivity index (χ0v) is 13.0. The molecule has 0 aromatic heterocycles. The van der Waals surface area contributed by atoms with Gasteiger partial charge in [0.05, 0.1) is 11.1 Å². The maximum absolute atomic E-state index is 11.7. The first kappa shape index (κ1) is 16.3. The van der Waals surface area contributed by atoms with Crippen LogP contribution in [0.3, 0.4) is 0 Å². The van der Waals surface area contributed by atoms with Gasteiger partial charge in [0.25, 0.3) is 0 Å². The van der Waals surface area contributed by atoms with Crippen molar-refractivity contribution >= 4 is 11.9 Å². The number of hydrogen-bond donors (Lipinski definition) is 3. The summed E-state index contributed by atoms with van der Waals surface area (Å²) in [6, 6.07) is 18.3. The van der Waals surface area contributed by atoms with Gasteiger partial charge in [-0.3, -0.25) is 0 Å². The predicted molar refractivity (Wildman–Crippen MR) is 92.9 cm³/mol. The third-order valence-corrected chi connectivity index (χ3v) is 3.89. The van der Waals surface area contributed by atoms with E-state index in [1.54, 1.807) is 60.7 Å². The molecule has 0 bridgehead atoms. The Morgan fingerprint density at radius 2 is 1.24 bits per heavy atom. The molecule has 0 heterocycles. The molecule has 0 atom stereocenters. The molecule has 3 aromatic rings. The molecule has 0 radical (unpaired) electrons. The Bertz CT molecular complexity index is 947. The average Bonchev–Trinajstić information content (AvgIpc) is 2.62. The second-order valence-corrected chi connectivity index (χ2v) is 5.41. The molecule has 3 aromatic carbocycles. The normalized spacial score (nSPS) is 10.4. The highest BCUT2D eigenvalue weighted by Crippen LogP contribution is 2.42. The van der Waals surface area contributed by atoms with Gasteiger partial charge in [-0.15, -0.1) is 0 Å². The van der Waals surface area contributed by atoms with Crippen molar-refractivity contribution in [1.82, 2.24) is 0 Å². The van der Waals surface area contributed by atoms with Crippen molar-refractivity contribution in [1.29, 1.82) is 0 Å². The minimum Gasteiger partial charge on any atom is -0.507 e. The second kappa shape index (κ2) is 6.49. The quantitative estimate of drug-likeness (QED) is 0.667. The molecule has 0 aliphatic heterocycles. The van der Waals surface area contributed by atoms with Gasteiger partial charge >= 0.3 is 11.9 Å². The van der Waals surface area contributed by atoms with Crippen LogP contribution in [-0.4, -0.2) is 27.3 Å².